The van der Waals surface area contributed by atoms with Crippen molar-refractivity contribution < 1.29 is 0 Å². The number of fused-ring (bicyclic) bond motifs is 3. The number of benzene rings is 3. The monoisotopic (exact) mass is 355 g/mol. The van der Waals surface area contributed by atoms with Gasteiger partial charge in [-0.25, -0.2) is 0 Å². The molecule has 1 heterocycles. The molecule has 0 amide bonds. The van der Waals surface area contributed by atoms with Crippen LogP contribution in [-0.2, 0) is 0 Å². The molecule has 128 valence electrons. The Hall–Kier alpha value is -2.84. The molecule has 0 aliphatic rings. The first kappa shape index (κ1) is 16.6. The summed E-state index contributed by atoms with van der Waals surface area (Å²) in [6, 6.07) is 23.6. The van der Waals surface area contributed by atoms with Crippen molar-refractivity contribution in [2.24, 2.45) is 0 Å². The predicted octanol–water partition coefficient (Wildman–Crippen LogP) is 7.21. The molecule has 26 heavy (non-hydrogen) atoms. The van der Waals surface area contributed by atoms with Crippen LogP contribution in [0, 0.1) is 0 Å². The Balaban J connectivity index is 1.80. The van der Waals surface area contributed by atoms with Crippen LogP contribution in [0.1, 0.15) is 18.1 Å². The minimum Gasteiger partial charge on any atom is -0.386 e. The Bertz CT molecular complexity index is 1120. The molecular formula is C24H21NS. The summed E-state index contributed by atoms with van der Waals surface area (Å²) in [6.45, 7) is 2.08. The van der Waals surface area contributed by atoms with E-state index in [0.29, 0.717) is 0 Å². The van der Waals surface area contributed by atoms with Gasteiger partial charge in [-0.2, -0.15) is 0 Å². The van der Waals surface area contributed by atoms with Gasteiger partial charge in [0.2, 0.25) is 0 Å². The average molecular weight is 356 g/mol. The van der Waals surface area contributed by atoms with Gasteiger partial charge in [0.15, 0.2) is 0 Å². The van der Waals surface area contributed by atoms with Crippen LogP contribution in [0.2, 0.25) is 0 Å². The van der Waals surface area contributed by atoms with Gasteiger partial charge in [0, 0.05) is 22.5 Å². The molecular weight excluding hydrogens is 334 g/mol. The highest BCUT2D eigenvalue weighted by molar-refractivity contribution is 7.26. The fourth-order valence-electron chi connectivity index (χ4n) is 3.37. The first-order valence-corrected chi connectivity index (χ1v) is 9.65. The highest BCUT2D eigenvalue weighted by Gasteiger charge is 2.10. The molecule has 0 unspecified atom stereocenters. The fraction of sp³-hybridized carbons (Fsp3) is 0.0833. The highest BCUT2D eigenvalue weighted by Crippen LogP contribution is 2.40. The topological polar surface area (TPSA) is 12.0 Å². The van der Waals surface area contributed by atoms with Crippen molar-refractivity contribution in [1.29, 1.82) is 0 Å². The molecule has 4 rings (SSSR count). The lowest BCUT2D eigenvalue weighted by Gasteiger charge is -2.08. The van der Waals surface area contributed by atoms with Crippen molar-refractivity contribution in [3.8, 4) is 0 Å². The van der Waals surface area contributed by atoms with Gasteiger partial charge in [0.1, 0.15) is 0 Å². The zero-order valence-electron chi connectivity index (χ0n) is 15.0. The van der Waals surface area contributed by atoms with Crippen LogP contribution in [0.4, 0.5) is 5.69 Å². The van der Waals surface area contributed by atoms with E-state index >= 15 is 0 Å². The van der Waals surface area contributed by atoms with Crippen molar-refractivity contribution in [3.05, 3.63) is 90.0 Å². The number of nitrogens with one attached hydrogen (secondary N) is 1. The second-order valence-electron chi connectivity index (χ2n) is 6.20. The maximum absolute atomic E-state index is 3.42. The van der Waals surface area contributed by atoms with E-state index in [9.17, 15) is 0 Å². The molecule has 0 atom stereocenters. The van der Waals surface area contributed by atoms with E-state index in [-0.39, 0.29) is 0 Å². The summed E-state index contributed by atoms with van der Waals surface area (Å²) < 4.78 is 2.65. The maximum atomic E-state index is 3.42. The predicted molar refractivity (Wildman–Crippen MR) is 118 cm³/mol. The van der Waals surface area contributed by atoms with Crippen molar-refractivity contribution in [1.82, 2.24) is 0 Å². The molecule has 3 aromatic carbocycles. The molecule has 1 N–H and O–H groups in total. The van der Waals surface area contributed by atoms with Gasteiger partial charge in [-0.05, 0) is 29.7 Å². The molecule has 1 aromatic heterocycles. The molecule has 0 saturated heterocycles. The number of rotatable bonds is 4. The van der Waals surface area contributed by atoms with Crippen LogP contribution in [0.5, 0.6) is 0 Å². The van der Waals surface area contributed by atoms with E-state index < -0.39 is 0 Å². The Morgan fingerprint density at radius 3 is 2.42 bits per heavy atom. The average Bonchev–Trinajstić information content (AvgIpc) is 3.07. The number of anilines is 1. The third kappa shape index (κ3) is 2.93. The molecule has 0 fully saturated rings. The normalized spacial score (nSPS) is 12.3. The summed E-state index contributed by atoms with van der Waals surface area (Å²) in [5.41, 5.74) is 4.87. The summed E-state index contributed by atoms with van der Waals surface area (Å²) in [7, 11) is 2.00. The Morgan fingerprint density at radius 1 is 0.885 bits per heavy atom. The quantitative estimate of drug-likeness (QED) is 0.381. The third-order valence-electron chi connectivity index (χ3n) is 4.69. The zero-order valence-corrected chi connectivity index (χ0v) is 15.8. The fourth-order valence-corrected chi connectivity index (χ4v) is 4.63. The molecule has 0 spiro atoms. The lowest BCUT2D eigenvalue weighted by Crippen LogP contribution is -1.91. The lowest BCUT2D eigenvalue weighted by atomic mass is 10.0. The first-order valence-electron chi connectivity index (χ1n) is 8.83. The SMILES string of the molecule is C/C=C(\C=C\c1ccc2c(sc3ccccc32)c1NC)c1ccccc1. The van der Waals surface area contributed by atoms with Crippen LogP contribution in [0.25, 0.3) is 31.8 Å². The van der Waals surface area contributed by atoms with Gasteiger partial charge in [0.05, 0.1) is 10.4 Å². The zero-order chi connectivity index (χ0) is 17.9. The second kappa shape index (κ2) is 7.19. The van der Waals surface area contributed by atoms with Crippen LogP contribution in [-0.4, -0.2) is 7.05 Å². The Labute approximate surface area is 158 Å². The number of hydrogen-bond donors (Lipinski definition) is 1. The molecule has 1 nitrogen and oxygen atoms in total. The molecule has 2 heteroatoms. The van der Waals surface area contributed by atoms with Crippen LogP contribution >= 0.6 is 11.3 Å². The largest absolute Gasteiger partial charge is 0.386 e. The van der Waals surface area contributed by atoms with Crippen molar-refractivity contribution in [2.45, 2.75) is 6.92 Å². The molecule has 0 bridgehead atoms. The molecule has 0 aliphatic heterocycles. The number of allylic oxidation sites excluding steroid dienone is 3. The number of hydrogen-bond acceptors (Lipinski definition) is 2. The van der Waals surface area contributed by atoms with E-state index in [1.165, 1.54) is 42.6 Å². The van der Waals surface area contributed by atoms with Crippen molar-refractivity contribution in [3.63, 3.8) is 0 Å². The Morgan fingerprint density at radius 2 is 1.65 bits per heavy atom. The molecule has 0 saturated carbocycles. The van der Waals surface area contributed by atoms with Crippen LogP contribution < -0.4 is 5.32 Å². The van der Waals surface area contributed by atoms with E-state index in [1.54, 1.807) is 0 Å². The van der Waals surface area contributed by atoms with E-state index in [4.69, 9.17) is 0 Å². The van der Waals surface area contributed by atoms with Gasteiger partial charge in [0.25, 0.3) is 0 Å². The highest BCUT2D eigenvalue weighted by atomic mass is 32.1. The summed E-state index contributed by atoms with van der Waals surface area (Å²) in [5, 5.41) is 6.07. The third-order valence-corrected chi connectivity index (χ3v) is 5.89. The van der Waals surface area contributed by atoms with E-state index in [0.717, 1.165) is 0 Å². The van der Waals surface area contributed by atoms with E-state index in [2.05, 4.69) is 97.2 Å². The standard InChI is InChI=1S/C24H21NS/c1-3-17(18-9-5-4-6-10-18)13-14-19-15-16-21-20-11-7-8-12-22(20)26-24(21)23(19)25-2/h3-16,25H,1-2H3/b14-13+,17-3+. The molecule has 0 radical (unpaired) electrons. The number of thiophene rings is 1. The Kier molecular flexibility index (Phi) is 4.59. The van der Waals surface area contributed by atoms with Gasteiger partial charge in [-0.1, -0.05) is 78.9 Å². The van der Waals surface area contributed by atoms with Crippen LogP contribution in [0.15, 0.2) is 78.9 Å². The van der Waals surface area contributed by atoms with Crippen molar-refractivity contribution in [2.75, 3.05) is 12.4 Å². The van der Waals surface area contributed by atoms with Gasteiger partial charge in [-0.3, -0.25) is 0 Å². The maximum Gasteiger partial charge on any atom is 0.0593 e. The van der Waals surface area contributed by atoms with E-state index in [1.807, 2.05) is 18.4 Å². The summed E-state index contributed by atoms with van der Waals surface area (Å²) in [5.74, 6) is 0. The van der Waals surface area contributed by atoms with Gasteiger partial charge in [-0.15, -0.1) is 11.3 Å². The minimum absolute atomic E-state index is 1.20. The first-order chi connectivity index (χ1) is 12.8. The van der Waals surface area contributed by atoms with Gasteiger partial charge >= 0.3 is 0 Å². The van der Waals surface area contributed by atoms with Gasteiger partial charge < -0.3 is 5.32 Å². The molecule has 0 aliphatic carbocycles. The smallest absolute Gasteiger partial charge is 0.0593 e. The second-order valence-corrected chi connectivity index (χ2v) is 7.25. The summed E-state index contributed by atoms with van der Waals surface area (Å²) in [4.78, 5) is 0. The minimum atomic E-state index is 1.20. The lowest BCUT2D eigenvalue weighted by molar-refractivity contribution is 1.54. The summed E-state index contributed by atoms with van der Waals surface area (Å²) in [6.07, 6.45) is 6.56. The summed E-state index contributed by atoms with van der Waals surface area (Å²) >= 11 is 1.85. The van der Waals surface area contributed by atoms with Crippen LogP contribution in [0.3, 0.4) is 0 Å². The molecule has 4 aromatic rings. The van der Waals surface area contributed by atoms with Crippen molar-refractivity contribution >= 4 is 48.8 Å².